The van der Waals surface area contributed by atoms with Crippen molar-refractivity contribution in [1.82, 2.24) is 5.32 Å². The van der Waals surface area contributed by atoms with Crippen molar-refractivity contribution >= 4 is 35.0 Å². The maximum Gasteiger partial charge on any atom is 0.281 e. The molecular weight excluding hydrogens is 320 g/mol. The summed E-state index contributed by atoms with van der Waals surface area (Å²) in [6.45, 7) is 4.55. The van der Waals surface area contributed by atoms with Crippen molar-refractivity contribution in [3.63, 3.8) is 0 Å². The minimum atomic E-state index is -0.161. The molecule has 122 valence electrons. The van der Waals surface area contributed by atoms with Crippen LogP contribution in [0.4, 0.5) is 5.69 Å². The fourth-order valence-electron chi connectivity index (χ4n) is 2.55. The number of rotatable bonds is 4. The number of amides is 1. The summed E-state index contributed by atoms with van der Waals surface area (Å²) in [4.78, 5) is 14.2. The Bertz CT molecular complexity index is 812. The third kappa shape index (κ3) is 3.31. The zero-order valence-corrected chi connectivity index (χ0v) is 14.4. The summed E-state index contributed by atoms with van der Waals surface area (Å²) in [7, 11) is 0. The molecule has 1 amide bonds. The second-order valence-corrected chi connectivity index (χ2v) is 5.86. The molecular formula is C19H18N2O2S. The van der Waals surface area contributed by atoms with Gasteiger partial charge in [-0.2, -0.15) is 0 Å². The topological polar surface area (TPSA) is 41.6 Å². The van der Waals surface area contributed by atoms with Gasteiger partial charge in [-0.3, -0.25) is 9.69 Å². The van der Waals surface area contributed by atoms with Gasteiger partial charge in [0.1, 0.15) is 11.4 Å². The van der Waals surface area contributed by atoms with E-state index in [1.807, 2.05) is 68.5 Å². The van der Waals surface area contributed by atoms with Crippen molar-refractivity contribution < 1.29 is 9.53 Å². The Hall–Kier alpha value is -2.66. The predicted molar refractivity (Wildman–Crippen MR) is 100.0 cm³/mol. The molecule has 3 rings (SSSR count). The zero-order chi connectivity index (χ0) is 17.1. The Kier molecular flexibility index (Phi) is 4.62. The summed E-state index contributed by atoms with van der Waals surface area (Å²) >= 11 is 5.32. The van der Waals surface area contributed by atoms with Crippen molar-refractivity contribution in [3.05, 3.63) is 65.4 Å². The van der Waals surface area contributed by atoms with Crippen molar-refractivity contribution in [1.29, 1.82) is 0 Å². The summed E-state index contributed by atoms with van der Waals surface area (Å²) < 4.78 is 5.43. The number of benzene rings is 2. The number of hydrogen-bond donors (Lipinski definition) is 1. The molecule has 1 heterocycles. The predicted octanol–water partition coefficient (Wildman–Crippen LogP) is 3.66. The first-order valence-corrected chi connectivity index (χ1v) is 8.16. The van der Waals surface area contributed by atoms with Crippen LogP contribution in [0.15, 0.2) is 54.2 Å². The number of ether oxygens (including phenoxy) is 1. The van der Waals surface area contributed by atoms with E-state index in [4.69, 9.17) is 17.0 Å². The number of carbonyl (C=O) groups excluding carboxylic acids is 1. The molecule has 24 heavy (non-hydrogen) atoms. The van der Waals surface area contributed by atoms with Gasteiger partial charge in [-0.05, 0) is 62.0 Å². The number of nitrogens with zero attached hydrogens (tertiary/aromatic N) is 1. The Morgan fingerprint density at radius 1 is 1.21 bits per heavy atom. The molecule has 0 saturated carbocycles. The van der Waals surface area contributed by atoms with E-state index in [-0.39, 0.29) is 5.91 Å². The van der Waals surface area contributed by atoms with Gasteiger partial charge in [-0.25, -0.2) is 0 Å². The number of thiocarbonyl (C=S) groups is 1. The molecule has 1 fully saturated rings. The number of hydrogen-bond acceptors (Lipinski definition) is 3. The smallest absolute Gasteiger partial charge is 0.281 e. The van der Waals surface area contributed by atoms with Crippen LogP contribution in [-0.4, -0.2) is 17.6 Å². The van der Waals surface area contributed by atoms with E-state index < -0.39 is 0 Å². The van der Waals surface area contributed by atoms with E-state index in [2.05, 4.69) is 5.32 Å². The standard InChI is InChI=1S/C19H18N2O2S/c1-3-23-16-9-7-15(8-10-16)21-18(22)17(20-19(21)24)12-14-6-4-5-13(2)11-14/h4-12H,3H2,1-2H3,(H,20,24)/b17-12-. The summed E-state index contributed by atoms with van der Waals surface area (Å²) in [6, 6.07) is 15.3. The number of nitrogens with one attached hydrogen (secondary N) is 1. The van der Waals surface area contributed by atoms with Crippen molar-refractivity contribution in [2.24, 2.45) is 0 Å². The summed E-state index contributed by atoms with van der Waals surface area (Å²) in [5, 5.41) is 3.38. The van der Waals surface area contributed by atoms with E-state index >= 15 is 0 Å². The van der Waals surface area contributed by atoms with E-state index in [0.717, 1.165) is 16.9 Å². The highest BCUT2D eigenvalue weighted by molar-refractivity contribution is 7.80. The van der Waals surface area contributed by atoms with Crippen molar-refractivity contribution in [2.75, 3.05) is 11.5 Å². The van der Waals surface area contributed by atoms with E-state index in [1.54, 1.807) is 0 Å². The van der Waals surface area contributed by atoms with Gasteiger partial charge in [0.15, 0.2) is 5.11 Å². The van der Waals surface area contributed by atoms with Gasteiger partial charge in [0.2, 0.25) is 0 Å². The molecule has 0 aliphatic carbocycles. The molecule has 1 aliphatic rings. The average molecular weight is 338 g/mol. The molecule has 2 aromatic carbocycles. The lowest BCUT2D eigenvalue weighted by Crippen LogP contribution is -2.30. The van der Waals surface area contributed by atoms with Gasteiger partial charge in [0.25, 0.3) is 5.91 Å². The SMILES string of the molecule is CCOc1ccc(N2C(=O)/C(=C/c3cccc(C)c3)NC2=S)cc1. The first-order chi connectivity index (χ1) is 11.6. The molecule has 0 radical (unpaired) electrons. The van der Waals surface area contributed by atoms with Crippen molar-refractivity contribution in [3.8, 4) is 5.75 Å². The second-order valence-electron chi connectivity index (χ2n) is 5.47. The van der Waals surface area contributed by atoms with E-state index in [9.17, 15) is 4.79 Å². The summed E-state index contributed by atoms with van der Waals surface area (Å²) in [5.74, 6) is 0.605. The summed E-state index contributed by atoms with van der Waals surface area (Å²) in [6.07, 6.45) is 1.82. The lowest BCUT2D eigenvalue weighted by Gasteiger charge is -2.14. The molecule has 1 N–H and O–H groups in total. The normalized spacial score (nSPS) is 15.8. The Morgan fingerprint density at radius 2 is 1.96 bits per heavy atom. The van der Waals surface area contributed by atoms with Gasteiger partial charge >= 0.3 is 0 Å². The second kappa shape index (κ2) is 6.84. The largest absolute Gasteiger partial charge is 0.494 e. The van der Waals surface area contributed by atoms with Crippen molar-refractivity contribution in [2.45, 2.75) is 13.8 Å². The third-order valence-electron chi connectivity index (χ3n) is 3.64. The third-order valence-corrected chi connectivity index (χ3v) is 3.92. The highest BCUT2D eigenvalue weighted by Gasteiger charge is 2.31. The quantitative estimate of drug-likeness (QED) is 0.682. The average Bonchev–Trinajstić information content (AvgIpc) is 2.83. The summed E-state index contributed by atoms with van der Waals surface area (Å²) in [5.41, 5.74) is 3.29. The molecule has 0 spiro atoms. The maximum absolute atomic E-state index is 12.7. The van der Waals surface area contributed by atoms with Crippen LogP contribution in [0.3, 0.4) is 0 Å². The lowest BCUT2D eigenvalue weighted by molar-refractivity contribution is -0.113. The van der Waals surface area contributed by atoms with Crippen LogP contribution >= 0.6 is 12.2 Å². The minimum absolute atomic E-state index is 0.161. The molecule has 0 unspecified atom stereocenters. The molecule has 5 heteroatoms. The van der Waals surface area contributed by atoms with Crippen LogP contribution in [0.2, 0.25) is 0 Å². The number of carbonyl (C=O) groups is 1. The van der Waals surface area contributed by atoms with Crippen LogP contribution < -0.4 is 15.0 Å². The molecule has 1 saturated heterocycles. The fraction of sp³-hybridized carbons (Fsp3) is 0.158. The number of aryl methyl sites for hydroxylation is 1. The van der Waals surface area contributed by atoms with Crippen LogP contribution in [0.1, 0.15) is 18.1 Å². The van der Waals surface area contributed by atoms with E-state index in [0.29, 0.717) is 23.1 Å². The first-order valence-electron chi connectivity index (χ1n) is 7.75. The minimum Gasteiger partial charge on any atom is -0.494 e. The van der Waals surface area contributed by atoms with E-state index in [1.165, 1.54) is 4.90 Å². The Morgan fingerprint density at radius 3 is 2.62 bits per heavy atom. The van der Waals surface area contributed by atoms with Crippen LogP contribution in [0, 0.1) is 6.92 Å². The molecule has 0 bridgehead atoms. The van der Waals surface area contributed by atoms with Crippen LogP contribution in [0.5, 0.6) is 5.75 Å². The monoisotopic (exact) mass is 338 g/mol. The Balaban J connectivity index is 1.86. The highest BCUT2D eigenvalue weighted by atomic mass is 32.1. The van der Waals surface area contributed by atoms with Gasteiger partial charge in [-0.15, -0.1) is 0 Å². The molecule has 2 aromatic rings. The van der Waals surface area contributed by atoms with Crippen LogP contribution in [0.25, 0.3) is 6.08 Å². The van der Waals surface area contributed by atoms with Gasteiger partial charge in [-0.1, -0.05) is 29.8 Å². The maximum atomic E-state index is 12.7. The van der Waals surface area contributed by atoms with Gasteiger partial charge in [0, 0.05) is 0 Å². The Labute approximate surface area is 146 Å². The fourth-order valence-corrected chi connectivity index (χ4v) is 2.85. The van der Waals surface area contributed by atoms with Crippen LogP contribution in [-0.2, 0) is 4.79 Å². The molecule has 0 atom stereocenters. The molecule has 1 aliphatic heterocycles. The zero-order valence-electron chi connectivity index (χ0n) is 13.6. The first kappa shape index (κ1) is 16.2. The van der Waals surface area contributed by atoms with Gasteiger partial charge in [0.05, 0.1) is 12.3 Å². The molecule has 0 aromatic heterocycles. The molecule has 4 nitrogen and oxygen atoms in total. The highest BCUT2D eigenvalue weighted by Crippen LogP contribution is 2.25. The lowest BCUT2D eigenvalue weighted by atomic mass is 10.1. The number of anilines is 1. The van der Waals surface area contributed by atoms with Gasteiger partial charge < -0.3 is 10.1 Å².